The summed E-state index contributed by atoms with van der Waals surface area (Å²) < 4.78 is 12.2. The second-order valence-electron chi connectivity index (χ2n) is 11.0. The molecule has 1 saturated heterocycles. The molecule has 4 fully saturated rings. The third kappa shape index (κ3) is 2.52. The lowest BCUT2D eigenvalue weighted by atomic mass is 9.39. The third-order valence-corrected chi connectivity index (χ3v) is 9.56. The molecule has 7 unspecified atom stereocenters. The van der Waals surface area contributed by atoms with Crippen LogP contribution in [0.5, 0.6) is 0 Å². The van der Waals surface area contributed by atoms with Gasteiger partial charge in [-0.2, -0.15) is 0 Å². The smallest absolute Gasteiger partial charge is 0.169 e. The van der Waals surface area contributed by atoms with E-state index in [0.717, 1.165) is 38.5 Å². The Hall–Kier alpha value is -0.355. The molecule has 0 aromatic carbocycles. The van der Waals surface area contributed by atoms with Crippen LogP contribution < -0.4 is 0 Å². The summed E-state index contributed by atoms with van der Waals surface area (Å²) >= 11 is 0. The van der Waals surface area contributed by atoms with Crippen LogP contribution in [-0.4, -0.2) is 48.7 Å². The maximum absolute atomic E-state index is 11.7. The molecule has 5 aliphatic rings. The summed E-state index contributed by atoms with van der Waals surface area (Å²) in [5, 5.41) is 21.9. The molecule has 3 saturated carbocycles. The molecule has 0 amide bonds. The molecule has 1 heterocycles. The van der Waals surface area contributed by atoms with Crippen LogP contribution in [0.4, 0.5) is 0 Å². The lowest BCUT2D eigenvalue weighted by molar-refractivity contribution is -0.228. The average molecular weight is 386 g/mol. The van der Waals surface area contributed by atoms with Crippen molar-refractivity contribution in [3.63, 3.8) is 0 Å². The predicted octanol–water partition coefficient (Wildman–Crippen LogP) is 3.16. The van der Waals surface area contributed by atoms with E-state index in [-0.39, 0.29) is 28.8 Å². The Morgan fingerprint density at radius 3 is 2.54 bits per heavy atom. The largest absolute Gasteiger partial charge is 0.399 e. The minimum Gasteiger partial charge on any atom is -0.399 e. The first-order valence-electron chi connectivity index (χ1n) is 11.3. The van der Waals surface area contributed by atoms with Gasteiger partial charge >= 0.3 is 0 Å². The Morgan fingerprint density at radius 1 is 1.11 bits per heavy atom. The van der Waals surface area contributed by atoms with Gasteiger partial charge in [0.2, 0.25) is 0 Å². The fraction of sp³-hybridized carbons (Fsp3) is 0.913. The number of aliphatic hydroxyl groups excluding tert-OH is 1. The molecule has 2 radical (unpaired) electrons. The zero-order valence-corrected chi connectivity index (χ0v) is 17.6. The van der Waals surface area contributed by atoms with Gasteiger partial charge in [-0.05, 0) is 80.5 Å². The van der Waals surface area contributed by atoms with Gasteiger partial charge in [0.05, 0.1) is 19.3 Å². The SMILES string of the molecule is [B][C@]1(O)CC2(C)C(CCC2C2(C)OCCO2)C2CC=C3CC(O)CCC3(C)C21. The molecule has 0 bridgehead atoms. The highest BCUT2D eigenvalue weighted by atomic mass is 16.7. The zero-order chi connectivity index (χ0) is 19.9. The molecule has 154 valence electrons. The van der Waals surface area contributed by atoms with Crippen molar-refractivity contribution < 1.29 is 19.7 Å². The number of ether oxygens (including phenoxy) is 2. The van der Waals surface area contributed by atoms with E-state index in [4.69, 9.17) is 17.3 Å². The standard InChI is InChI=1S/C23H35BO4/c1-20-9-8-15(25)12-14(20)4-5-16-17-6-7-18(22(3)27-10-11-28-22)21(17,2)13-23(24,26)19(16)20/h4,15-19,25-26H,5-13H2,1-3H3/t15?,16?,17?,18?,19?,20?,21?,23-/m0/s1. The van der Waals surface area contributed by atoms with Crippen LogP contribution in [0.2, 0.25) is 0 Å². The van der Waals surface area contributed by atoms with Gasteiger partial charge in [0, 0.05) is 11.4 Å². The van der Waals surface area contributed by atoms with Crippen LogP contribution in [-0.2, 0) is 9.47 Å². The van der Waals surface area contributed by atoms with E-state index in [0.29, 0.717) is 31.5 Å². The number of allylic oxidation sites excluding steroid dienone is 1. The van der Waals surface area contributed by atoms with Gasteiger partial charge in [-0.25, -0.2) is 0 Å². The summed E-state index contributed by atoms with van der Waals surface area (Å²) in [6, 6.07) is 0. The fourth-order valence-electron chi connectivity index (χ4n) is 8.63. The van der Waals surface area contributed by atoms with Gasteiger partial charge < -0.3 is 19.7 Å². The van der Waals surface area contributed by atoms with Crippen molar-refractivity contribution in [1.82, 2.24) is 0 Å². The van der Waals surface area contributed by atoms with E-state index in [1.54, 1.807) is 0 Å². The van der Waals surface area contributed by atoms with E-state index in [9.17, 15) is 10.2 Å². The summed E-state index contributed by atoms with van der Waals surface area (Å²) in [6.45, 7) is 8.01. The molecule has 28 heavy (non-hydrogen) atoms. The van der Waals surface area contributed by atoms with Gasteiger partial charge in [0.25, 0.3) is 0 Å². The van der Waals surface area contributed by atoms with Crippen molar-refractivity contribution in [3.8, 4) is 0 Å². The molecule has 5 rings (SSSR count). The molecule has 5 heteroatoms. The van der Waals surface area contributed by atoms with Gasteiger partial charge in [-0.1, -0.05) is 25.5 Å². The highest BCUT2D eigenvalue weighted by Crippen LogP contribution is 2.69. The van der Waals surface area contributed by atoms with Crippen LogP contribution in [0.1, 0.15) is 65.7 Å². The lowest BCUT2D eigenvalue weighted by Crippen LogP contribution is -2.64. The number of rotatable bonds is 1. The maximum atomic E-state index is 11.7. The molecule has 4 aliphatic carbocycles. The van der Waals surface area contributed by atoms with E-state index >= 15 is 0 Å². The summed E-state index contributed by atoms with van der Waals surface area (Å²) in [4.78, 5) is 0. The molecule has 0 spiro atoms. The number of hydrogen-bond acceptors (Lipinski definition) is 4. The van der Waals surface area contributed by atoms with Gasteiger partial charge in [0.1, 0.15) is 7.85 Å². The van der Waals surface area contributed by atoms with Crippen LogP contribution in [0.3, 0.4) is 0 Å². The molecule has 0 aromatic heterocycles. The van der Waals surface area contributed by atoms with Crippen molar-refractivity contribution in [2.75, 3.05) is 13.2 Å². The quantitative estimate of drug-likeness (QED) is 0.537. The van der Waals surface area contributed by atoms with Gasteiger partial charge in [-0.3, -0.25) is 0 Å². The minimum absolute atomic E-state index is 0.0579. The van der Waals surface area contributed by atoms with E-state index in [1.165, 1.54) is 5.57 Å². The van der Waals surface area contributed by atoms with Crippen LogP contribution in [0.25, 0.3) is 0 Å². The molecular formula is C23H35BO4. The normalized spacial score (nSPS) is 55.2. The first-order valence-corrected chi connectivity index (χ1v) is 11.3. The van der Waals surface area contributed by atoms with Crippen LogP contribution >= 0.6 is 0 Å². The summed E-state index contributed by atoms with van der Waals surface area (Å²) in [7, 11) is 6.79. The predicted molar refractivity (Wildman–Crippen MR) is 108 cm³/mol. The van der Waals surface area contributed by atoms with E-state index < -0.39 is 11.3 Å². The second-order valence-corrected chi connectivity index (χ2v) is 11.0. The van der Waals surface area contributed by atoms with E-state index in [2.05, 4.69) is 26.8 Å². The Labute approximate surface area is 170 Å². The van der Waals surface area contributed by atoms with Crippen LogP contribution in [0.15, 0.2) is 11.6 Å². The maximum Gasteiger partial charge on any atom is 0.169 e. The molecular weight excluding hydrogens is 351 g/mol. The van der Waals surface area contributed by atoms with Gasteiger partial charge in [-0.15, -0.1) is 0 Å². The zero-order valence-electron chi connectivity index (χ0n) is 17.6. The average Bonchev–Trinajstić information content (AvgIpc) is 3.18. The Bertz CT molecular complexity index is 684. The van der Waals surface area contributed by atoms with Crippen LogP contribution in [0, 0.1) is 34.5 Å². The topological polar surface area (TPSA) is 58.9 Å². The summed E-state index contributed by atoms with van der Waals surface area (Å²) in [5.41, 5.74) is -0.0668. The summed E-state index contributed by atoms with van der Waals surface area (Å²) in [5.74, 6) is 0.670. The lowest BCUT2D eigenvalue weighted by Gasteiger charge is -2.64. The monoisotopic (exact) mass is 386 g/mol. The fourth-order valence-corrected chi connectivity index (χ4v) is 8.63. The van der Waals surface area contributed by atoms with Crippen molar-refractivity contribution >= 4 is 7.85 Å². The summed E-state index contributed by atoms with van der Waals surface area (Å²) in [6.07, 6.45) is 8.38. The number of aliphatic hydroxyl groups is 2. The van der Waals surface area contributed by atoms with Crippen molar-refractivity contribution in [1.29, 1.82) is 0 Å². The Kier molecular flexibility index (Phi) is 4.26. The number of hydrogen-bond donors (Lipinski definition) is 2. The highest BCUT2D eigenvalue weighted by Gasteiger charge is 2.67. The Balaban J connectivity index is 1.54. The number of fused-ring (bicyclic) bond motifs is 5. The molecule has 8 atom stereocenters. The first-order chi connectivity index (χ1) is 13.1. The Morgan fingerprint density at radius 2 is 1.82 bits per heavy atom. The first kappa shape index (κ1) is 19.6. The van der Waals surface area contributed by atoms with Crippen molar-refractivity contribution in [2.45, 2.75) is 83.1 Å². The van der Waals surface area contributed by atoms with Crippen molar-refractivity contribution in [3.05, 3.63) is 11.6 Å². The molecule has 1 aliphatic heterocycles. The third-order valence-electron chi connectivity index (χ3n) is 9.56. The molecule has 4 nitrogen and oxygen atoms in total. The van der Waals surface area contributed by atoms with Gasteiger partial charge in [0.15, 0.2) is 5.79 Å². The minimum atomic E-state index is -1.20. The van der Waals surface area contributed by atoms with E-state index in [1.807, 2.05) is 0 Å². The molecule has 0 aromatic rings. The van der Waals surface area contributed by atoms with Crippen molar-refractivity contribution in [2.24, 2.45) is 34.5 Å². The second kappa shape index (κ2) is 6.09. The molecule has 2 N–H and O–H groups in total. The highest BCUT2D eigenvalue weighted by molar-refractivity contribution is 6.14.